The second kappa shape index (κ2) is 6.83. The lowest BCUT2D eigenvalue weighted by Gasteiger charge is -2.30. The van der Waals surface area contributed by atoms with Crippen LogP contribution in [0.25, 0.3) is 0 Å². The zero-order chi connectivity index (χ0) is 15.5. The third-order valence-corrected chi connectivity index (χ3v) is 5.65. The summed E-state index contributed by atoms with van der Waals surface area (Å²) < 4.78 is 45.5. The molecule has 7 heteroatoms. The highest BCUT2D eigenvalue weighted by Crippen LogP contribution is 2.23. The number of nitrogens with zero attached hydrogens (tertiary/aromatic N) is 1. The minimum absolute atomic E-state index is 0.115. The molecular weight excluding hydrogens is 295 g/mol. The third kappa shape index (κ3) is 3.60. The Balaban J connectivity index is 2.22. The van der Waals surface area contributed by atoms with Gasteiger partial charge in [0, 0.05) is 32.3 Å². The maximum atomic E-state index is 13.6. The fraction of sp³-hybridized carbons (Fsp3) is 0.571. The molecule has 0 saturated carbocycles. The van der Waals surface area contributed by atoms with Crippen molar-refractivity contribution in [2.75, 3.05) is 27.2 Å². The van der Waals surface area contributed by atoms with Crippen molar-refractivity contribution in [3.63, 3.8) is 0 Å². The van der Waals surface area contributed by atoms with Gasteiger partial charge in [-0.25, -0.2) is 12.8 Å². The van der Waals surface area contributed by atoms with Gasteiger partial charge < -0.3 is 10.1 Å². The van der Waals surface area contributed by atoms with Gasteiger partial charge in [-0.15, -0.1) is 0 Å². The lowest BCUT2D eigenvalue weighted by molar-refractivity contribution is 0.0604. The largest absolute Gasteiger partial charge is 0.381 e. The Morgan fingerprint density at radius 1 is 1.38 bits per heavy atom. The second-order valence-electron chi connectivity index (χ2n) is 5.12. The molecule has 1 aliphatic rings. The quantitative estimate of drug-likeness (QED) is 0.891. The number of methoxy groups -OCH3 is 1. The van der Waals surface area contributed by atoms with E-state index in [0.717, 1.165) is 0 Å². The van der Waals surface area contributed by atoms with E-state index >= 15 is 0 Å². The third-order valence-electron chi connectivity index (χ3n) is 3.76. The molecule has 1 aliphatic heterocycles. The van der Waals surface area contributed by atoms with E-state index in [0.29, 0.717) is 38.0 Å². The number of halogens is 1. The smallest absolute Gasteiger partial charge is 0.243 e. The molecule has 0 radical (unpaired) electrons. The summed E-state index contributed by atoms with van der Waals surface area (Å²) in [4.78, 5) is 0.144. The number of hydrogen-bond donors (Lipinski definition) is 1. The Labute approximate surface area is 125 Å². The molecule has 0 aromatic heterocycles. The van der Waals surface area contributed by atoms with Crippen LogP contribution in [0.3, 0.4) is 0 Å². The van der Waals surface area contributed by atoms with Crippen molar-refractivity contribution in [1.82, 2.24) is 9.62 Å². The van der Waals surface area contributed by atoms with Crippen molar-refractivity contribution in [3.8, 4) is 0 Å². The average molecular weight is 316 g/mol. The van der Waals surface area contributed by atoms with Gasteiger partial charge in [-0.3, -0.25) is 0 Å². The number of piperidine rings is 1. The highest BCUT2D eigenvalue weighted by molar-refractivity contribution is 7.89. The summed E-state index contributed by atoms with van der Waals surface area (Å²) in [7, 11) is -0.240. The number of ether oxygens (including phenoxy) is 1. The molecule has 1 aromatic rings. The van der Waals surface area contributed by atoms with Gasteiger partial charge in [0.25, 0.3) is 0 Å². The van der Waals surface area contributed by atoms with Gasteiger partial charge in [0.05, 0.1) is 11.0 Å². The second-order valence-corrected chi connectivity index (χ2v) is 7.06. The highest BCUT2D eigenvalue weighted by Gasteiger charge is 2.29. The van der Waals surface area contributed by atoms with E-state index in [2.05, 4.69) is 5.32 Å². The minimum atomic E-state index is -3.57. The number of nitrogens with one attached hydrogen (secondary N) is 1. The summed E-state index contributed by atoms with van der Waals surface area (Å²) in [6, 6.07) is 3.94. The van der Waals surface area contributed by atoms with Gasteiger partial charge in [-0.05, 0) is 38.1 Å². The van der Waals surface area contributed by atoms with Crippen LogP contribution in [0, 0.1) is 5.82 Å². The van der Waals surface area contributed by atoms with Crippen molar-refractivity contribution in [2.24, 2.45) is 0 Å². The van der Waals surface area contributed by atoms with Crippen LogP contribution in [0.5, 0.6) is 0 Å². The Bertz CT molecular complexity index is 584. The van der Waals surface area contributed by atoms with Crippen molar-refractivity contribution in [1.29, 1.82) is 0 Å². The SMILES string of the molecule is CNCc1cc(S(=O)(=O)N2CCC(OC)CC2)ccc1F. The minimum Gasteiger partial charge on any atom is -0.381 e. The zero-order valence-electron chi connectivity index (χ0n) is 12.3. The van der Waals surface area contributed by atoms with E-state index in [9.17, 15) is 12.8 Å². The summed E-state index contributed by atoms with van der Waals surface area (Å²) in [5, 5.41) is 2.83. The fourth-order valence-corrected chi connectivity index (χ4v) is 4.02. The predicted molar refractivity (Wildman–Crippen MR) is 78.0 cm³/mol. The van der Waals surface area contributed by atoms with Crippen LogP contribution in [0.15, 0.2) is 23.1 Å². The Morgan fingerprint density at radius 3 is 2.62 bits per heavy atom. The van der Waals surface area contributed by atoms with Crippen LogP contribution in [0.2, 0.25) is 0 Å². The molecule has 1 aromatic carbocycles. The lowest BCUT2D eigenvalue weighted by Crippen LogP contribution is -2.40. The van der Waals surface area contributed by atoms with E-state index in [1.54, 1.807) is 14.2 Å². The van der Waals surface area contributed by atoms with Crippen molar-refractivity contribution < 1.29 is 17.5 Å². The van der Waals surface area contributed by atoms with Crippen LogP contribution in [-0.2, 0) is 21.3 Å². The molecule has 0 aliphatic carbocycles. The van der Waals surface area contributed by atoms with E-state index in [1.165, 1.54) is 22.5 Å². The number of rotatable bonds is 5. The first kappa shape index (κ1) is 16.4. The topological polar surface area (TPSA) is 58.6 Å². The molecule has 118 valence electrons. The number of benzene rings is 1. The molecule has 0 bridgehead atoms. The van der Waals surface area contributed by atoms with Crippen molar-refractivity contribution in [2.45, 2.75) is 30.4 Å². The summed E-state index contributed by atoms with van der Waals surface area (Å²) >= 11 is 0. The molecule has 21 heavy (non-hydrogen) atoms. The van der Waals surface area contributed by atoms with Crippen LogP contribution < -0.4 is 5.32 Å². The summed E-state index contributed by atoms with van der Waals surface area (Å²) in [5.74, 6) is -0.401. The number of sulfonamides is 1. The molecule has 1 heterocycles. The lowest BCUT2D eigenvalue weighted by atomic mass is 10.1. The van der Waals surface area contributed by atoms with Gasteiger partial charge in [-0.1, -0.05) is 0 Å². The Morgan fingerprint density at radius 2 is 2.05 bits per heavy atom. The van der Waals surface area contributed by atoms with Gasteiger partial charge in [0.2, 0.25) is 10.0 Å². The monoisotopic (exact) mass is 316 g/mol. The maximum Gasteiger partial charge on any atom is 0.243 e. The molecule has 1 N–H and O–H groups in total. The fourth-order valence-electron chi connectivity index (χ4n) is 2.49. The molecule has 0 atom stereocenters. The van der Waals surface area contributed by atoms with E-state index < -0.39 is 15.8 Å². The summed E-state index contributed by atoms with van der Waals surface area (Å²) in [6.45, 7) is 1.15. The molecule has 1 fully saturated rings. The summed E-state index contributed by atoms with van der Waals surface area (Å²) in [6.07, 6.45) is 1.48. The van der Waals surface area contributed by atoms with E-state index in [-0.39, 0.29) is 11.0 Å². The molecule has 0 amide bonds. The van der Waals surface area contributed by atoms with Gasteiger partial charge in [-0.2, -0.15) is 4.31 Å². The molecule has 0 spiro atoms. The predicted octanol–water partition coefficient (Wildman–Crippen LogP) is 1.34. The van der Waals surface area contributed by atoms with Crippen LogP contribution in [-0.4, -0.2) is 46.1 Å². The first-order chi connectivity index (χ1) is 9.98. The normalized spacial score (nSPS) is 18.0. The van der Waals surface area contributed by atoms with Gasteiger partial charge in [0.1, 0.15) is 5.82 Å². The van der Waals surface area contributed by atoms with Crippen LogP contribution >= 0.6 is 0 Å². The Hall–Kier alpha value is -1.02. The van der Waals surface area contributed by atoms with Crippen LogP contribution in [0.4, 0.5) is 4.39 Å². The summed E-state index contributed by atoms with van der Waals surface area (Å²) in [5.41, 5.74) is 0.352. The van der Waals surface area contributed by atoms with E-state index in [1.807, 2.05) is 0 Å². The first-order valence-electron chi connectivity index (χ1n) is 6.95. The van der Waals surface area contributed by atoms with Crippen molar-refractivity contribution >= 4 is 10.0 Å². The van der Waals surface area contributed by atoms with Crippen molar-refractivity contribution in [3.05, 3.63) is 29.6 Å². The van der Waals surface area contributed by atoms with E-state index in [4.69, 9.17) is 4.74 Å². The number of hydrogen-bond acceptors (Lipinski definition) is 4. The molecule has 0 unspecified atom stereocenters. The molecule has 2 rings (SSSR count). The highest BCUT2D eigenvalue weighted by atomic mass is 32.2. The zero-order valence-corrected chi connectivity index (χ0v) is 13.1. The average Bonchev–Trinajstić information content (AvgIpc) is 2.49. The maximum absolute atomic E-state index is 13.6. The molecule has 1 saturated heterocycles. The first-order valence-corrected chi connectivity index (χ1v) is 8.39. The van der Waals surface area contributed by atoms with Crippen LogP contribution in [0.1, 0.15) is 18.4 Å². The molecule has 5 nitrogen and oxygen atoms in total. The molecular formula is C14H21FN2O3S. The van der Waals surface area contributed by atoms with Gasteiger partial charge >= 0.3 is 0 Å². The Kier molecular flexibility index (Phi) is 5.32. The standard InChI is InChI=1S/C14H21FN2O3S/c1-16-10-11-9-13(3-4-14(11)15)21(18,19)17-7-5-12(20-2)6-8-17/h3-4,9,12,16H,5-8,10H2,1-2H3. The van der Waals surface area contributed by atoms with Gasteiger partial charge in [0.15, 0.2) is 0 Å².